The molecule has 1 aromatic heterocycles. The predicted molar refractivity (Wildman–Crippen MR) is 101 cm³/mol. The maximum atomic E-state index is 12.1. The Hall–Kier alpha value is -1.24. The normalized spacial score (nSPS) is 15.3. The quantitative estimate of drug-likeness (QED) is 0.645. The van der Waals surface area contributed by atoms with Gasteiger partial charge in [-0.1, -0.05) is 60.3 Å². The van der Waals surface area contributed by atoms with Gasteiger partial charge in [-0.25, -0.2) is 0 Å². The minimum Gasteiger partial charge on any atom is -0.416 e. The Kier molecular flexibility index (Phi) is 6.62. The topological polar surface area (TPSA) is 68.0 Å². The van der Waals surface area contributed by atoms with Crippen molar-refractivity contribution in [1.82, 2.24) is 10.2 Å². The largest absolute Gasteiger partial charge is 0.416 e. The highest BCUT2D eigenvalue weighted by Crippen LogP contribution is 2.33. The highest BCUT2D eigenvalue weighted by atomic mass is 35.5. The highest BCUT2D eigenvalue weighted by Gasteiger charge is 2.21. The molecule has 1 amide bonds. The van der Waals surface area contributed by atoms with Gasteiger partial charge in [0.1, 0.15) is 0 Å². The van der Waals surface area contributed by atoms with Crippen molar-refractivity contribution in [2.24, 2.45) is 0 Å². The molecule has 1 fully saturated rings. The number of anilines is 1. The number of hydrogen-bond acceptors (Lipinski definition) is 5. The number of aromatic nitrogens is 2. The molecule has 0 aliphatic heterocycles. The zero-order chi connectivity index (χ0) is 17.6. The minimum absolute atomic E-state index is 0.158. The van der Waals surface area contributed by atoms with Gasteiger partial charge in [-0.05, 0) is 25.0 Å². The predicted octanol–water partition coefficient (Wildman–Crippen LogP) is 5.55. The van der Waals surface area contributed by atoms with Crippen LogP contribution in [-0.2, 0) is 4.79 Å². The summed E-state index contributed by atoms with van der Waals surface area (Å²) in [4.78, 5) is 12.1. The summed E-state index contributed by atoms with van der Waals surface area (Å²) in [6.07, 6.45) is 6.27. The second kappa shape index (κ2) is 8.92. The molecule has 1 aliphatic rings. The van der Waals surface area contributed by atoms with E-state index in [-0.39, 0.29) is 5.91 Å². The zero-order valence-corrected chi connectivity index (χ0v) is 16.0. The maximum Gasteiger partial charge on any atom is 0.276 e. The molecule has 1 heterocycles. The van der Waals surface area contributed by atoms with E-state index in [4.69, 9.17) is 27.6 Å². The maximum absolute atomic E-state index is 12.1. The third-order valence-electron chi connectivity index (χ3n) is 4.16. The smallest absolute Gasteiger partial charge is 0.276 e. The summed E-state index contributed by atoms with van der Waals surface area (Å²) in [5, 5.41) is 12.3. The molecule has 0 saturated heterocycles. The minimum atomic E-state index is -0.158. The Morgan fingerprint density at radius 2 is 1.92 bits per heavy atom. The summed E-state index contributed by atoms with van der Waals surface area (Å²) < 4.78 is 5.73. The van der Waals surface area contributed by atoms with E-state index >= 15 is 0 Å². The van der Waals surface area contributed by atoms with Gasteiger partial charge in [0, 0.05) is 18.1 Å². The van der Waals surface area contributed by atoms with E-state index in [1.807, 2.05) is 0 Å². The van der Waals surface area contributed by atoms with E-state index in [1.54, 1.807) is 18.2 Å². The molecule has 2 aromatic rings. The Balaban J connectivity index is 1.46. The van der Waals surface area contributed by atoms with Crippen molar-refractivity contribution in [2.45, 2.75) is 49.7 Å². The Morgan fingerprint density at radius 1 is 1.20 bits per heavy atom. The van der Waals surface area contributed by atoms with Gasteiger partial charge in [-0.15, -0.1) is 10.2 Å². The van der Waals surface area contributed by atoms with Gasteiger partial charge in [-0.3, -0.25) is 4.79 Å². The average molecular weight is 400 g/mol. The lowest BCUT2D eigenvalue weighted by atomic mass is 9.89. The molecule has 1 N–H and O–H groups in total. The number of amides is 1. The molecule has 0 atom stereocenters. The van der Waals surface area contributed by atoms with Crippen molar-refractivity contribution < 1.29 is 9.21 Å². The Labute approximate surface area is 160 Å². The lowest BCUT2D eigenvalue weighted by molar-refractivity contribution is -0.115. The molecule has 8 heteroatoms. The SMILES string of the molecule is O=C(CCSc1nnc(C2CCCCC2)o1)Nc1c(Cl)cccc1Cl. The number of thioether (sulfide) groups is 1. The van der Waals surface area contributed by atoms with E-state index < -0.39 is 0 Å². The molecular formula is C17H19Cl2N3O2S. The van der Waals surface area contributed by atoms with Gasteiger partial charge in [0.2, 0.25) is 11.8 Å². The lowest BCUT2D eigenvalue weighted by Gasteiger charge is -2.17. The molecule has 5 nitrogen and oxygen atoms in total. The summed E-state index contributed by atoms with van der Waals surface area (Å²) in [5.74, 6) is 1.51. The number of halogens is 2. The number of benzene rings is 1. The van der Waals surface area contributed by atoms with Gasteiger partial charge in [0.05, 0.1) is 15.7 Å². The molecule has 134 valence electrons. The number of carbonyl (C=O) groups is 1. The molecule has 0 bridgehead atoms. The number of nitrogens with zero attached hydrogens (tertiary/aromatic N) is 2. The van der Waals surface area contributed by atoms with Crippen LogP contribution in [0.2, 0.25) is 10.0 Å². The standard InChI is InChI=1S/C17H19Cl2N3O2S/c18-12-7-4-8-13(19)15(12)20-14(23)9-10-25-17-22-21-16(24-17)11-5-2-1-3-6-11/h4,7-8,11H,1-3,5-6,9-10H2,(H,20,23). The molecule has 1 aliphatic carbocycles. The Morgan fingerprint density at radius 3 is 2.64 bits per heavy atom. The Bertz CT molecular complexity index is 712. The summed E-state index contributed by atoms with van der Waals surface area (Å²) in [5.41, 5.74) is 0.443. The molecule has 0 unspecified atom stereocenters. The second-order valence-corrected chi connectivity index (χ2v) is 7.85. The van der Waals surface area contributed by atoms with Crippen molar-refractivity contribution in [2.75, 3.05) is 11.1 Å². The van der Waals surface area contributed by atoms with Gasteiger partial charge >= 0.3 is 0 Å². The first kappa shape index (κ1) is 18.5. The molecule has 0 radical (unpaired) electrons. The molecule has 25 heavy (non-hydrogen) atoms. The van der Waals surface area contributed by atoms with Crippen molar-refractivity contribution in [3.8, 4) is 0 Å². The third kappa shape index (κ3) is 5.12. The van der Waals surface area contributed by atoms with Crippen molar-refractivity contribution in [1.29, 1.82) is 0 Å². The van der Waals surface area contributed by atoms with Gasteiger partial charge < -0.3 is 9.73 Å². The van der Waals surface area contributed by atoms with E-state index in [0.717, 1.165) is 18.7 Å². The second-order valence-electron chi connectivity index (χ2n) is 5.98. The van der Waals surface area contributed by atoms with Crippen LogP contribution in [0.3, 0.4) is 0 Å². The first-order valence-corrected chi connectivity index (χ1v) is 10.1. The zero-order valence-electron chi connectivity index (χ0n) is 13.6. The van der Waals surface area contributed by atoms with E-state index in [2.05, 4.69) is 15.5 Å². The summed E-state index contributed by atoms with van der Waals surface area (Å²) in [6.45, 7) is 0. The van der Waals surface area contributed by atoms with Gasteiger partial charge in [-0.2, -0.15) is 0 Å². The fraction of sp³-hybridized carbons (Fsp3) is 0.471. The van der Waals surface area contributed by atoms with E-state index in [1.165, 1.54) is 31.0 Å². The molecule has 3 rings (SSSR count). The monoisotopic (exact) mass is 399 g/mol. The third-order valence-corrected chi connectivity index (χ3v) is 5.61. The average Bonchev–Trinajstić information content (AvgIpc) is 3.08. The van der Waals surface area contributed by atoms with Crippen molar-refractivity contribution in [3.05, 3.63) is 34.1 Å². The van der Waals surface area contributed by atoms with Crippen molar-refractivity contribution in [3.63, 3.8) is 0 Å². The fourth-order valence-corrected chi connectivity index (χ4v) is 4.04. The summed E-state index contributed by atoms with van der Waals surface area (Å²) in [7, 11) is 0. The number of carbonyl (C=O) groups excluding carboxylic acids is 1. The number of nitrogens with one attached hydrogen (secondary N) is 1. The van der Waals surface area contributed by atoms with Crippen LogP contribution in [0, 0.1) is 0 Å². The van der Waals surface area contributed by atoms with E-state index in [9.17, 15) is 4.79 Å². The number of hydrogen-bond donors (Lipinski definition) is 1. The van der Waals surface area contributed by atoms with Crippen LogP contribution in [0.15, 0.2) is 27.8 Å². The van der Waals surface area contributed by atoms with Crippen LogP contribution in [0.4, 0.5) is 5.69 Å². The highest BCUT2D eigenvalue weighted by molar-refractivity contribution is 7.99. The van der Waals surface area contributed by atoms with Gasteiger partial charge in [0.15, 0.2) is 0 Å². The van der Waals surface area contributed by atoms with E-state index in [0.29, 0.717) is 39.0 Å². The van der Waals surface area contributed by atoms with Crippen LogP contribution in [-0.4, -0.2) is 21.9 Å². The number of para-hydroxylation sites is 1. The first-order chi connectivity index (χ1) is 12.1. The van der Waals surface area contributed by atoms with Crippen LogP contribution in [0.25, 0.3) is 0 Å². The molecule has 1 aromatic carbocycles. The first-order valence-electron chi connectivity index (χ1n) is 8.33. The number of rotatable bonds is 6. The van der Waals surface area contributed by atoms with Crippen LogP contribution < -0.4 is 5.32 Å². The van der Waals surface area contributed by atoms with Gasteiger partial charge in [0.25, 0.3) is 5.22 Å². The lowest BCUT2D eigenvalue weighted by Crippen LogP contribution is -2.12. The van der Waals surface area contributed by atoms with Crippen molar-refractivity contribution >= 4 is 46.6 Å². The molecule has 0 spiro atoms. The van der Waals surface area contributed by atoms with Crippen LogP contribution in [0.5, 0.6) is 0 Å². The van der Waals surface area contributed by atoms with Crippen LogP contribution in [0.1, 0.15) is 50.3 Å². The molecular weight excluding hydrogens is 381 g/mol. The van der Waals surface area contributed by atoms with Crippen LogP contribution >= 0.6 is 35.0 Å². The summed E-state index contributed by atoms with van der Waals surface area (Å²) in [6, 6.07) is 5.10. The fourth-order valence-electron chi connectivity index (χ4n) is 2.84. The summed E-state index contributed by atoms with van der Waals surface area (Å²) >= 11 is 13.5. The molecule has 1 saturated carbocycles.